The van der Waals surface area contributed by atoms with Gasteiger partial charge in [0, 0.05) is 18.0 Å². The highest BCUT2D eigenvalue weighted by Gasteiger charge is 2.25. The number of nitrogens with zero attached hydrogens (tertiary/aromatic N) is 1. The summed E-state index contributed by atoms with van der Waals surface area (Å²) in [5.41, 5.74) is 1.21. The zero-order valence-electron chi connectivity index (χ0n) is 12.4. The van der Waals surface area contributed by atoms with Gasteiger partial charge in [-0.25, -0.2) is 0 Å². The van der Waals surface area contributed by atoms with E-state index in [4.69, 9.17) is 0 Å². The van der Waals surface area contributed by atoms with Crippen molar-refractivity contribution in [3.8, 4) is 0 Å². The molecule has 1 aromatic rings. The smallest absolute Gasteiger partial charge is 0.262 e. The monoisotopic (exact) mass is 294 g/mol. The molecular weight excluding hydrogens is 272 g/mol. The largest absolute Gasteiger partial charge is 0.341 e. The molecule has 0 bridgehead atoms. The summed E-state index contributed by atoms with van der Waals surface area (Å²) in [6.07, 6.45) is 3.06. The second-order valence-corrected chi connectivity index (χ2v) is 6.53. The lowest BCUT2D eigenvalue weighted by atomic mass is 10.2. The van der Waals surface area contributed by atoms with Crippen LogP contribution >= 0.6 is 11.3 Å². The van der Waals surface area contributed by atoms with Gasteiger partial charge in [0.1, 0.15) is 6.04 Å². The summed E-state index contributed by atoms with van der Waals surface area (Å²) in [6.45, 7) is 7.50. The van der Waals surface area contributed by atoms with Gasteiger partial charge in [-0.3, -0.25) is 9.59 Å². The first-order chi connectivity index (χ1) is 9.52. The Balaban J connectivity index is 1.97. The minimum absolute atomic E-state index is 0.0276. The molecule has 1 unspecified atom stereocenters. The molecule has 2 amide bonds. The van der Waals surface area contributed by atoms with Crippen LogP contribution in [-0.2, 0) is 11.2 Å². The van der Waals surface area contributed by atoms with Crippen molar-refractivity contribution in [2.24, 2.45) is 0 Å². The molecule has 1 aliphatic heterocycles. The molecule has 0 aromatic carbocycles. The van der Waals surface area contributed by atoms with Gasteiger partial charge >= 0.3 is 0 Å². The molecular formula is C15H22N2O2S. The average Bonchev–Trinajstić information content (AvgIpc) is 3.06. The molecule has 4 nitrogen and oxygen atoms in total. The van der Waals surface area contributed by atoms with E-state index in [-0.39, 0.29) is 11.8 Å². The summed E-state index contributed by atoms with van der Waals surface area (Å²) >= 11 is 1.50. The number of carbonyl (C=O) groups is 2. The Morgan fingerprint density at radius 2 is 2.05 bits per heavy atom. The maximum absolute atomic E-state index is 12.2. The Morgan fingerprint density at radius 3 is 2.60 bits per heavy atom. The number of likely N-dealkylation sites (tertiary alicyclic amines) is 1. The Morgan fingerprint density at radius 1 is 1.40 bits per heavy atom. The molecule has 0 radical (unpaired) electrons. The van der Waals surface area contributed by atoms with Crippen LogP contribution < -0.4 is 5.32 Å². The third-order valence-corrected chi connectivity index (χ3v) is 4.85. The number of amides is 2. The average molecular weight is 294 g/mol. The summed E-state index contributed by atoms with van der Waals surface area (Å²) in [4.78, 5) is 28.0. The normalized spacial score (nSPS) is 16.2. The van der Waals surface area contributed by atoms with Crippen molar-refractivity contribution in [2.45, 2.75) is 46.1 Å². The Kier molecular flexibility index (Phi) is 4.81. The first kappa shape index (κ1) is 15.0. The summed E-state index contributed by atoms with van der Waals surface area (Å²) in [7, 11) is 0. The van der Waals surface area contributed by atoms with Crippen molar-refractivity contribution >= 4 is 23.2 Å². The molecule has 1 atom stereocenters. The van der Waals surface area contributed by atoms with Crippen molar-refractivity contribution < 1.29 is 9.59 Å². The van der Waals surface area contributed by atoms with Gasteiger partial charge in [-0.2, -0.15) is 0 Å². The minimum atomic E-state index is -0.451. The van der Waals surface area contributed by atoms with E-state index < -0.39 is 6.04 Å². The first-order valence-corrected chi connectivity index (χ1v) is 8.03. The van der Waals surface area contributed by atoms with Gasteiger partial charge in [-0.15, -0.1) is 11.3 Å². The number of rotatable bonds is 4. The van der Waals surface area contributed by atoms with E-state index in [1.807, 2.05) is 17.9 Å². The fraction of sp³-hybridized carbons (Fsp3) is 0.600. The van der Waals surface area contributed by atoms with Crippen LogP contribution in [0.3, 0.4) is 0 Å². The molecule has 1 aliphatic rings. The van der Waals surface area contributed by atoms with Crippen molar-refractivity contribution in [1.29, 1.82) is 0 Å². The third-order valence-electron chi connectivity index (χ3n) is 3.76. The highest BCUT2D eigenvalue weighted by Crippen LogP contribution is 2.22. The minimum Gasteiger partial charge on any atom is -0.341 e. The number of hydrogen-bond acceptors (Lipinski definition) is 3. The Hall–Kier alpha value is -1.36. The molecule has 1 saturated heterocycles. The second kappa shape index (κ2) is 6.39. The van der Waals surface area contributed by atoms with Crippen molar-refractivity contribution in [3.63, 3.8) is 0 Å². The quantitative estimate of drug-likeness (QED) is 0.927. The zero-order chi connectivity index (χ0) is 14.7. The number of carbonyl (C=O) groups excluding carboxylic acids is 2. The van der Waals surface area contributed by atoms with Crippen LogP contribution in [0.4, 0.5) is 0 Å². The number of aryl methyl sites for hydroxylation is 2. The van der Waals surface area contributed by atoms with Crippen LogP contribution in [0.2, 0.25) is 0 Å². The summed E-state index contributed by atoms with van der Waals surface area (Å²) < 4.78 is 0. The van der Waals surface area contributed by atoms with Crippen LogP contribution in [0.15, 0.2) is 6.07 Å². The van der Waals surface area contributed by atoms with E-state index in [0.717, 1.165) is 32.4 Å². The maximum atomic E-state index is 12.2. The topological polar surface area (TPSA) is 49.4 Å². The van der Waals surface area contributed by atoms with Gasteiger partial charge in [0.2, 0.25) is 5.91 Å². The van der Waals surface area contributed by atoms with Crippen LogP contribution in [0.5, 0.6) is 0 Å². The van der Waals surface area contributed by atoms with Crippen molar-refractivity contribution in [3.05, 3.63) is 21.4 Å². The predicted molar refractivity (Wildman–Crippen MR) is 81.2 cm³/mol. The first-order valence-electron chi connectivity index (χ1n) is 7.22. The molecule has 110 valence electrons. The third kappa shape index (κ3) is 3.20. The molecule has 0 spiro atoms. The van der Waals surface area contributed by atoms with E-state index >= 15 is 0 Å². The zero-order valence-corrected chi connectivity index (χ0v) is 13.2. The molecule has 20 heavy (non-hydrogen) atoms. The van der Waals surface area contributed by atoms with E-state index in [9.17, 15) is 9.59 Å². The fourth-order valence-electron chi connectivity index (χ4n) is 2.52. The SMILES string of the molecule is CCc1cc(C(=O)NC(C)C(=O)N2CCCC2)sc1C. The van der Waals surface area contributed by atoms with Gasteiger partial charge in [0.25, 0.3) is 5.91 Å². The van der Waals surface area contributed by atoms with E-state index in [2.05, 4.69) is 12.2 Å². The van der Waals surface area contributed by atoms with E-state index in [1.165, 1.54) is 21.8 Å². The van der Waals surface area contributed by atoms with Crippen molar-refractivity contribution in [2.75, 3.05) is 13.1 Å². The molecule has 0 aliphatic carbocycles. The van der Waals surface area contributed by atoms with Gasteiger partial charge in [0.05, 0.1) is 4.88 Å². The lowest BCUT2D eigenvalue weighted by Gasteiger charge is -2.20. The molecule has 1 N–H and O–H groups in total. The number of hydrogen-bond donors (Lipinski definition) is 1. The molecule has 2 heterocycles. The van der Waals surface area contributed by atoms with Gasteiger partial charge in [0.15, 0.2) is 0 Å². The highest BCUT2D eigenvalue weighted by molar-refractivity contribution is 7.14. The summed E-state index contributed by atoms with van der Waals surface area (Å²) in [5.74, 6) is -0.113. The molecule has 1 aromatic heterocycles. The van der Waals surface area contributed by atoms with Crippen molar-refractivity contribution in [1.82, 2.24) is 10.2 Å². The standard InChI is InChI=1S/C15H22N2O2S/c1-4-12-9-13(20-11(12)3)14(18)16-10(2)15(19)17-7-5-6-8-17/h9-10H,4-8H2,1-3H3,(H,16,18). The Labute approximate surface area is 124 Å². The molecule has 5 heteroatoms. The fourth-order valence-corrected chi connectivity index (χ4v) is 3.54. The Bertz CT molecular complexity index is 504. The lowest BCUT2D eigenvalue weighted by molar-refractivity contribution is -0.131. The lowest BCUT2D eigenvalue weighted by Crippen LogP contribution is -2.45. The van der Waals surface area contributed by atoms with Crippen LogP contribution in [0.25, 0.3) is 0 Å². The maximum Gasteiger partial charge on any atom is 0.262 e. The predicted octanol–water partition coefficient (Wildman–Crippen LogP) is 2.36. The van der Waals surface area contributed by atoms with E-state index in [0.29, 0.717) is 4.88 Å². The molecule has 2 rings (SSSR count). The van der Waals surface area contributed by atoms with Crippen LogP contribution in [0.1, 0.15) is 46.8 Å². The summed E-state index contributed by atoms with van der Waals surface area (Å²) in [5, 5.41) is 2.82. The van der Waals surface area contributed by atoms with Crippen LogP contribution in [0, 0.1) is 6.92 Å². The second-order valence-electron chi connectivity index (χ2n) is 5.27. The number of thiophene rings is 1. The van der Waals surface area contributed by atoms with Gasteiger partial charge in [-0.1, -0.05) is 6.92 Å². The van der Waals surface area contributed by atoms with Crippen LogP contribution in [-0.4, -0.2) is 35.8 Å². The van der Waals surface area contributed by atoms with Gasteiger partial charge < -0.3 is 10.2 Å². The number of nitrogens with one attached hydrogen (secondary N) is 1. The summed E-state index contributed by atoms with van der Waals surface area (Å²) in [6, 6.07) is 1.48. The molecule has 0 saturated carbocycles. The molecule has 1 fully saturated rings. The van der Waals surface area contributed by atoms with Gasteiger partial charge in [-0.05, 0) is 44.7 Å². The highest BCUT2D eigenvalue weighted by atomic mass is 32.1. The van der Waals surface area contributed by atoms with E-state index in [1.54, 1.807) is 6.92 Å².